The molecule has 8 heteroatoms. The molecule has 0 amide bonds. The molecule has 1 aromatic heterocycles. The van der Waals surface area contributed by atoms with Crippen LogP contribution in [0.4, 0.5) is 0 Å². The third-order valence-electron chi connectivity index (χ3n) is 4.26. The summed E-state index contributed by atoms with van der Waals surface area (Å²) in [6.07, 6.45) is 1.61. The van der Waals surface area contributed by atoms with Crippen LogP contribution in [0.1, 0.15) is 18.7 Å². The second-order valence-corrected chi connectivity index (χ2v) is 5.44. The van der Waals surface area contributed by atoms with E-state index in [9.17, 15) is 0 Å². The van der Waals surface area contributed by atoms with E-state index in [-0.39, 0.29) is 12.4 Å². The summed E-state index contributed by atoms with van der Waals surface area (Å²) in [6.45, 7) is 1.73. The van der Waals surface area contributed by atoms with Gasteiger partial charge in [0, 0.05) is 12.7 Å². The normalized spacial score (nSPS) is 16.3. The fourth-order valence-electron chi connectivity index (χ4n) is 2.84. The van der Waals surface area contributed by atoms with E-state index in [0.717, 1.165) is 31.5 Å². The molecule has 132 valence electrons. The average molecular weight is 356 g/mol. The van der Waals surface area contributed by atoms with Crippen LogP contribution in [0.2, 0.25) is 0 Å². The maximum Gasteiger partial charge on any atom is 0.259 e. The smallest absolute Gasteiger partial charge is 0.259 e. The van der Waals surface area contributed by atoms with Gasteiger partial charge in [-0.1, -0.05) is 5.16 Å². The Bertz CT molecular complexity index is 671. The predicted molar refractivity (Wildman–Crippen MR) is 90.9 cm³/mol. The highest BCUT2D eigenvalue weighted by Crippen LogP contribution is 2.35. The van der Waals surface area contributed by atoms with Crippen LogP contribution in [0.3, 0.4) is 0 Å². The number of hydrogen-bond donors (Lipinski definition) is 1. The minimum Gasteiger partial charge on any atom is -0.493 e. The van der Waals surface area contributed by atoms with Gasteiger partial charge in [-0.15, -0.1) is 12.4 Å². The van der Waals surface area contributed by atoms with Crippen LogP contribution in [-0.4, -0.2) is 44.6 Å². The van der Waals surface area contributed by atoms with Crippen LogP contribution in [0, 0.1) is 0 Å². The average Bonchev–Trinajstić information content (AvgIpc) is 3.12. The van der Waals surface area contributed by atoms with Gasteiger partial charge in [-0.2, -0.15) is 4.98 Å². The summed E-state index contributed by atoms with van der Waals surface area (Å²) in [7, 11) is 4.88. The van der Waals surface area contributed by atoms with Crippen LogP contribution in [0.25, 0.3) is 11.4 Å². The third kappa shape index (κ3) is 3.33. The molecule has 2 aromatic rings. The Morgan fingerprint density at radius 1 is 1.08 bits per heavy atom. The van der Waals surface area contributed by atoms with Gasteiger partial charge in [0.05, 0.1) is 14.2 Å². The van der Waals surface area contributed by atoms with Crippen molar-refractivity contribution in [3.63, 3.8) is 0 Å². The first kappa shape index (κ1) is 18.5. The molecule has 0 bridgehead atoms. The van der Waals surface area contributed by atoms with Crippen molar-refractivity contribution in [2.45, 2.75) is 18.4 Å². The Hall–Kier alpha value is -1.83. The fraction of sp³-hybridized carbons (Fsp3) is 0.500. The fourth-order valence-corrected chi connectivity index (χ4v) is 2.84. The monoisotopic (exact) mass is 355 g/mol. The van der Waals surface area contributed by atoms with Crippen molar-refractivity contribution in [2.24, 2.45) is 0 Å². The molecule has 1 saturated heterocycles. The molecule has 0 saturated carbocycles. The Morgan fingerprint density at radius 2 is 1.79 bits per heavy atom. The van der Waals surface area contributed by atoms with Crippen molar-refractivity contribution in [3.8, 4) is 22.9 Å². The van der Waals surface area contributed by atoms with E-state index in [0.29, 0.717) is 23.2 Å². The van der Waals surface area contributed by atoms with Gasteiger partial charge in [0.1, 0.15) is 5.60 Å². The summed E-state index contributed by atoms with van der Waals surface area (Å²) >= 11 is 0. The lowest BCUT2D eigenvalue weighted by atomic mass is 9.92. The number of nitrogens with zero attached hydrogens (tertiary/aromatic N) is 2. The molecule has 0 spiro atoms. The summed E-state index contributed by atoms with van der Waals surface area (Å²) in [5.41, 5.74) is 0.297. The highest BCUT2D eigenvalue weighted by atomic mass is 35.5. The molecular formula is C16H22ClN3O4. The van der Waals surface area contributed by atoms with E-state index >= 15 is 0 Å². The van der Waals surface area contributed by atoms with Crippen molar-refractivity contribution >= 4 is 12.4 Å². The molecule has 1 aliphatic rings. The number of ether oxygens (including phenoxy) is 3. The standard InChI is InChI=1S/C16H21N3O4.ClH/c1-20-12-5-4-11(10-13(12)21-2)14-18-15(23-19-14)16(22-3)6-8-17-9-7-16;/h4-5,10,17H,6-9H2,1-3H3;1H. The molecule has 2 heterocycles. The Labute approximate surface area is 147 Å². The minimum absolute atomic E-state index is 0. The molecule has 24 heavy (non-hydrogen) atoms. The van der Waals surface area contributed by atoms with Gasteiger partial charge in [-0.05, 0) is 44.1 Å². The van der Waals surface area contributed by atoms with E-state index in [4.69, 9.17) is 18.7 Å². The summed E-state index contributed by atoms with van der Waals surface area (Å²) < 4.78 is 21.8. The van der Waals surface area contributed by atoms with Crippen molar-refractivity contribution in [1.82, 2.24) is 15.5 Å². The molecule has 0 unspecified atom stereocenters. The molecule has 0 aliphatic carbocycles. The van der Waals surface area contributed by atoms with Crippen LogP contribution >= 0.6 is 12.4 Å². The number of methoxy groups -OCH3 is 3. The maximum absolute atomic E-state index is 5.71. The molecule has 1 aromatic carbocycles. The zero-order valence-electron chi connectivity index (χ0n) is 14.0. The molecule has 1 N–H and O–H groups in total. The van der Waals surface area contributed by atoms with Gasteiger partial charge in [0.15, 0.2) is 11.5 Å². The first-order valence-electron chi connectivity index (χ1n) is 7.55. The number of rotatable bonds is 5. The molecular weight excluding hydrogens is 334 g/mol. The number of halogens is 1. The van der Waals surface area contributed by atoms with Gasteiger partial charge in [0.2, 0.25) is 5.82 Å². The third-order valence-corrected chi connectivity index (χ3v) is 4.26. The number of aromatic nitrogens is 2. The Kier molecular flexibility index (Phi) is 6.04. The second-order valence-electron chi connectivity index (χ2n) is 5.44. The summed E-state index contributed by atoms with van der Waals surface area (Å²) in [5.74, 6) is 2.31. The number of hydrogen-bond acceptors (Lipinski definition) is 7. The molecule has 0 atom stereocenters. The molecule has 0 radical (unpaired) electrons. The summed E-state index contributed by atoms with van der Waals surface area (Å²) in [6, 6.07) is 5.52. The van der Waals surface area contributed by atoms with Crippen molar-refractivity contribution in [2.75, 3.05) is 34.4 Å². The van der Waals surface area contributed by atoms with E-state index < -0.39 is 5.60 Å². The molecule has 1 fully saturated rings. The Balaban J connectivity index is 0.00000208. The van der Waals surface area contributed by atoms with Gasteiger partial charge in [0.25, 0.3) is 5.89 Å². The largest absolute Gasteiger partial charge is 0.493 e. The number of piperidine rings is 1. The van der Waals surface area contributed by atoms with Crippen LogP contribution < -0.4 is 14.8 Å². The van der Waals surface area contributed by atoms with Crippen molar-refractivity contribution in [1.29, 1.82) is 0 Å². The topological polar surface area (TPSA) is 78.6 Å². The SMILES string of the molecule is COc1ccc(-c2noc(C3(OC)CCNCC3)n2)cc1OC.Cl. The minimum atomic E-state index is -0.507. The summed E-state index contributed by atoms with van der Waals surface area (Å²) in [5, 5.41) is 7.41. The van der Waals surface area contributed by atoms with Gasteiger partial charge in [-0.25, -0.2) is 0 Å². The van der Waals surface area contributed by atoms with E-state index in [1.807, 2.05) is 18.2 Å². The first-order chi connectivity index (χ1) is 11.2. The van der Waals surface area contributed by atoms with E-state index in [1.165, 1.54) is 0 Å². The lowest BCUT2D eigenvalue weighted by molar-refractivity contribution is -0.0622. The number of nitrogens with one attached hydrogen (secondary N) is 1. The molecule has 7 nitrogen and oxygen atoms in total. The summed E-state index contributed by atoms with van der Waals surface area (Å²) in [4.78, 5) is 4.55. The van der Waals surface area contributed by atoms with Gasteiger partial charge >= 0.3 is 0 Å². The van der Waals surface area contributed by atoms with Crippen LogP contribution in [0.5, 0.6) is 11.5 Å². The van der Waals surface area contributed by atoms with E-state index in [2.05, 4.69) is 15.5 Å². The van der Waals surface area contributed by atoms with Crippen LogP contribution in [-0.2, 0) is 10.3 Å². The highest BCUT2D eigenvalue weighted by molar-refractivity contribution is 5.85. The zero-order valence-corrected chi connectivity index (χ0v) is 14.8. The zero-order chi connectivity index (χ0) is 16.3. The molecule has 3 rings (SSSR count). The van der Waals surface area contributed by atoms with E-state index in [1.54, 1.807) is 21.3 Å². The van der Waals surface area contributed by atoms with Crippen molar-refractivity contribution in [3.05, 3.63) is 24.1 Å². The van der Waals surface area contributed by atoms with Crippen molar-refractivity contribution < 1.29 is 18.7 Å². The predicted octanol–water partition coefficient (Wildman–Crippen LogP) is 2.40. The second kappa shape index (κ2) is 7.83. The quantitative estimate of drug-likeness (QED) is 0.882. The highest BCUT2D eigenvalue weighted by Gasteiger charge is 2.39. The van der Waals surface area contributed by atoms with Crippen LogP contribution in [0.15, 0.2) is 22.7 Å². The van der Waals surface area contributed by atoms with Gasteiger partial charge < -0.3 is 24.1 Å². The lowest BCUT2D eigenvalue weighted by Crippen LogP contribution is -2.41. The Morgan fingerprint density at radius 3 is 2.42 bits per heavy atom. The lowest BCUT2D eigenvalue weighted by Gasteiger charge is -2.32. The number of benzene rings is 1. The first-order valence-corrected chi connectivity index (χ1v) is 7.55. The molecule has 1 aliphatic heterocycles. The van der Waals surface area contributed by atoms with Gasteiger partial charge in [-0.3, -0.25) is 0 Å². The maximum atomic E-state index is 5.71.